The van der Waals surface area contributed by atoms with Crippen LogP contribution in [0.15, 0.2) is 28.8 Å². The lowest BCUT2D eigenvalue weighted by atomic mass is 10.2. The summed E-state index contributed by atoms with van der Waals surface area (Å²) in [6, 6.07) is 5.51. The van der Waals surface area contributed by atoms with Crippen LogP contribution in [0, 0.1) is 6.92 Å². The number of furan rings is 1. The summed E-state index contributed by atoms with van der Waals surface area (Å²) in [5.74, 6) is 2.32. The molecule has 0 saturated heterocycles. The van der Waals surface area contributed by atoms with Crippen molar-refractivity contribution in [3.05, 3.63) is 40.9 Å². The van der Waals surface area contributed by atoms with Gasteiger partial charge in [-0.15, -0.1) is 0 Å². The molecule has 0 aliphatic heterocycles. The van der Waals surface area contributed by atoms with Gasteiger partial charge in [0.25, 0.3) is 0 Å². The molecule has 2 rings (SSSR count). The zero-order chi connectivity index (χ0) is 12.4. The largest absolute Gasteiger partial charge is 0.464 e. The quantitative estimate of drug-likeness (QED) is 0.878. The fourth-order valence-corrected chi connectivity index (χ4v) is 1.75. The number of hydrogen-bond acceptors (Lipinski definition) is 4. The van der Waals surface area contributed by atoms with Crippen LogP contribution in [0.4, 0.5) is 11.5 Å². The Hall–Kier alpha value is -1.68. The number of pyridine rings is 1. The predicted octanol–water partition coefficient (Wildman–Crippen LogP) is 3.39. The Morgan fingerprint density at radius 1 is 1.47 bits per heavy atom. The van der Waals surface area contributed by atoms with E-state index in [2.05, 4.69) is 10.3 Å². The number of aryl methyl sites for hydroxylation is 1. The molecule has 0 spiro atoms. The highest BCUT2D eigenvalue weighted by Gasteiger charge is 2.11. The Morgan fingerprint density at radius 3 is 2.82 bits per heavy atom. The van der Waals surface area contributed by atoms with E-state index in [9.17, 15) is 0 Å². The lowest BCUT2D eigenvalue weighted by molar-refractivity contribution is 0.466. The number of halogens is 1. The monoisotopic (exact) mass is 251 g/mol. The fraction of sp³-hybridized carbons (Fsp3) is 0.250. The molecule has 0 radical (unpaired) electrons. The lowest BCUT2D eigenvalue weighted by Crippen LogP contribution is -2.07. The van der Waals surface area contributed by atoms with E-state index in [-0.39, 0.29) is 6.04 Å². The summed E-state index contributed by atoms with van der Waals surface area (Å²) in [5.41, 5.74) is 6.12. The van der Waals surface area contributed by atoms with E-state index in [0.29, 0.717) is 16.5 Å². The zero-order valence-corrected chi connectivity index (χ0v) is 10.5. The number of nitrogens with two attached hydrogens (primary N) is 1. The van der Waals surface area contributed by atoms with E-state index in [1.165, 1.54) is 0 Å². The van der Waals surface area contributed by atoms with Crippen LogP contribution in [0.1, 0.15) is 24.5 Å². The van der Waals surface area contributed by atoms with Crippen molar-refractivity contribution in [3.63, 3.8) is 0 Å². The predicted molar refractivity (Wildman–Crippen MR) is 69.1 cm³/mol. The van der Waals surface area contributed by atoms with Gasteiger partial charge in [0.15, 0.2) is 0 Å². The Bertz CT molecular complexity index is 524. The highest BCUT2D eigenvalue weighted by atomic mass is 35.5. The van der Waals surface area contributed by atoms with Crippen LogP contribution in [-0.4, -0.2) is 4.98 Å². The van der Waals surface area contributed by atoms with Crippen LogP contribution < -0.4 is 11.1 Å². The fourth-order valence-electron chi connectivity index (χ4n) is 1.52. The number of aromatic nitrogens is 1. The third-order valence-electron chi connectivity index (χ3n) is 2.40. The molecular weight excluding hydrogens is 238 g/mol. The zero-order valence-electron chi connectivity index (χ0n) is 9.70. The average molecular weight is 252 g/mol. The molecule has 0 bridgehead atoms. The normalized spacial score (nSPS) is 12.4. The highest BCUT2D eigenvalue weighted by molar-refractivity contribution is 6.33. The first-order chi connectivity index (χ1) is 8.06. The van der Waals surface area contributed by atoms with Crippen LogP contribution in [0.3, 0.4) is 0 Å². The summed E-state index contributed by atoms with van der Waals surface area (Å²) in [6.07, 6.45) is 1.56. The van der Waals surface area contributed by atoms with Crippen LogP contribution in [0.2, 0.25) is 5.02 Å². The third-order valence-corrected chi connectivity index (χ3v) is 2.69. The maximum Gasteiger partial charge on any atom is 0.145 e. The molecule has 0 aliphatic carbocycles. The summed E-state index contributed by atoms with van der Waals surface area (Å²) in [4.78, 5) is 4.14. The molecule has 1 atom stereocenters. The molecule has 0 amide bonds. The minimum atomic E-state index is -0.00248. The van der Waals surface area contributed by atoms with E-state index >= 15 is 0 Å². The summed E-state index contributed by atoms with van der Waals surface area (Å²) < 4.78 is 5.52. The number of hydrogen-bond donors (Lipinski definition) is 2. The molecule has 90 valence electrons. The van der Waals surface area contributed by atoms with E-state index in [1.807, 2.05) is 26.0 Å². The molecule has 5 heteroatoms. The van der Waals surface area contributed by atoms with Crippen molar-refractivity contribution in [1.29, 1.82) is 0 Å². The second-order valence-electron chi connectivity index (χ2n) is 3.91. The molecule has 0 saturated carbocycles. The molecule has 3 N–H and O–H groups in total. The van der Waals surface area contributed by atoms with Gasteiger partial charge in [0.05, 0.1) is 22.9 Å². The molecule has 17 heavy (non-hydrogen) atoms. The van der Waals surface area contributed by atoms with Gasteiger partial charge in [-0.05, 0) is 32.0 Å². The number of anilines is 2. The van der Waals surface area contributed by atoms with Crippen molar-refractivity contribution < 1.29 is 4.42 Å². The van der Waals surface area contributed by atoms with Crippen LogP contribution >= 0.6 is 11.6 Å². The van der Waals surface area contributed by atoms with Crippen molar-refractivity contribution in [3.8, 4) is 0 Å². The molecule has 0 aliphatic rings. The van der Waals surface area contributed by atoms with Gasteiger partial charge in [0.2, 0.25) is 0 Å². The number of nitrogens with one attached hydrogen (secondary N) is 1. The minimum absolute atomic E-state index is 0.00248. The van der Waals surface area contributed by atoms with Gasteiger partial charge in [0.1, 0.15) is 17.3 Å². The van der Waals surface area contributed by atoms with Gasteiger partial charge in [-0.1, -0.05) is 11.6 Å². The Kier molecular flexibility index (Phi) is 3.24. The lowest BCUT2D eigenvalue weighted by Gasteiger charge is -2.13. The maximum absolute atomic E-state index is 6.03. The molecule has 2 heterocycles. The van der Waals surface area contributed by atoms with Crippen LogP contribution in [0.25, 0.3) is 0 Å². The third kappa shape index (κ3) is 2.71. The maximum atomic E-state index is 6.03. The van der Waals surface area contributed by atoms with Crippen molar-refractivity contribution in [2.75, 3.05) is 11.1 Å². The minimum Gasteiger partial charge on any atom is -0.464 e. The van der Waals surface area contributed by atoms with Crippen molar-refractivity contribution in [2.24, 2.45) is 0 Å². The number of rotatable bonds is 3. The smallest absolute Gasteiger partial charge is 0.145 e. The molecular formula is C12H14ClN3O. The van der Waals surface area contributed by atoms with Crippen LogP contribution in [0.5, 0.6) is 0 Å². The second kappa shape index (κ2) is 4.67. The van der Waals surface area contributed by atoms with E-state index in [1.54, 1.807) is 12.3 Å². The standard InChI is InChI=1S/C12H14ClN3O/c1-7-3-4-11(17-7)8(2)16-12-10(13)5-9(14)6-15-12/h3-6,8H,14H2,1-2H3,(H,15,16). The average Bonchev–Trinajstić information content (AvgIpc) is 2.69. The Labute approximate surface area is 105 Å². The van der Waals surface area contributed by atoms with Crippen LogP contribution in [-0.2, 0) is 0 Å². The van der Waals surface area contributed by atoms with E-state index in [0.717, 1.165) is 11.5 Å². The molecule has 0 fully saturated rings. The highest BCUT2D eigenvalue weighted by Crippen LogP contribution is 2.26. The van der Waals surface area contributed by atoms with Crippen molar-refractivity contribution >= 4 is 23.1 Å². The summed E-state index contributed by atoms with van der Waals surface area (Å²) >= 11 is 6.03. The number of nitrogens with zero attached hydrogens (tertiary/aromatic N) is 1. The van der Waals surface area contributed by atoms with Gasteiger partial charge in [-0.3, -0.25) is 0 Å². The second-order valence-corrected chi connectivity index (χ2v) is 4.32. The summed E-state index contributed by atoms with van der Waals surface area (Å²) in [5, 5.41) is 3.67. The Balaban J connectivity index is 2.15. The SMILES string of the molecule is Cc1ccc(C(C)Nc2ncc(N)cc2Cl)o1. The topological polar surface area (TPSA) is 64.1 Å². The number of nitrogen functional groups attached to an aromatic ring is 1. The first kappa shape index (κ1) is 11.8. The summed E-state index contributed by atoms with van der Waals surface area (Å²) in [7, 11) is 0. The van der Waals surface area contributed by atoms with Gasteiger partial charge < -0.3 is 15.5 Å². The van der Waals surface area contributed by atoms with Gasteiger partial charge in [-0.2, -0.15) is 0 Å². The van der Waals surface area contributed by atoms with Crippen molar-refractivity contribution in [1.82, 2.24) is 4.98 Å². The van der Waals surface area contributed by atoms with E-state index < -0.39 is 0 Å². The molecule has 0 aromatic carbocycles. The van der Waals surface area contributed by atoms with E-state index in [4.69, 9.17) is 21.8 Å². The van der Waals surface area contributed by atoms with Gasteiger partial charge >= 0.3 is 0 Å². The van der Waals surface area contributed by atoms with Crippen molar-refractivity contribution in [2.45, 2.75) is 19.9 Å². The summed E-state index contributed by atoms with van der Waals surface area (Å²) in [6.45, 7) is 3.89. The first-order valence-electron chi connectivity index (χ1n) is 5.30. The van der Waals surface area contributed by atoms with Gasteiger partial charge in [-0.25, -0.2) is 4.98 Å². The molecule has 1 unspecified atom stereocenters. The molecule has 2 aromatic heterocycles. The molecule has 4 nitrogen and oxygen atoms in total. The Morgan fingerprint density at radius 2 is 2.24 bits per heavy atom. The first-order valence-corrected chi connectivity index (χ1v) is 5.68. The van der Waals surface area contributed by atoms with Gasteiger partial charge in [0, 0.05) is 0 Å². The molecule has 2 aromatic rings.